The number of amides is 2. The molecule has 0 saturated heterocycles. The van der Waals surface area contributed by atoms with E-state index in [0.29, 0.717) is 23.8 Å². The molecule has 0 aromatic heterocycles. The first-order valence-corrected chi connectivity index (χ1v) is 15.0. The normalized spacial score (nSPS) is 41.4. The first-order chi connectivity index (χ1) is 18.6. The number of carbonyl (C=O) groups excluding carboxylic acids is 2. The van der Waals surface area contributed by atoms with E-state index < -0.39 is 0 Å². The van der Waals surface area contributed by atoms with Crippen LogP contribution in [0.2, 0.25) is 0 Å². The van der Waals surface area contributed by atoms with Crippen molar-refractivity contribution >= 4 is 23.3 Å². The fraction of sp³-hybridized carbons (Fsp3) is 0.594. The molecular formula is C32H38N4O2. The Morgan fingerprint density at radius 2 is 1.58 bits per heavy atom. The molecule has 6 saturated carbocycles. The van der Waals surface area contributed by atoms with Crippen LogP contribution in [-0.4, -0.2) is 35.8 Å². The number of aliphatic imine (C=N–C) groups is 1. The lowest BCUT2D eigenvalue weighted by Crippen LogP contribution is -2.56. The van der Waals surface area contributed by atoms with Crippen LogP contribution >= 0.6 is 0 Å². The van der Waals surface area contributed by atoms with E-state index in [1.807, 2.05) is 30.3 Å². The van der Waals surface area contributed by atoms with Gasteiger partial charge in [0.1, 0.15) is 5.84 Å². The molecule has 6 heteroatoms. The van der Waals surface area contributed by atoms with Crippen molar-refractivity contribution in [1.29, 1.82) is 0 Å². The molecule has 1 heterocycles. The minimum atomic E-state index is -0.00795. The molecule has 6 fully saturated rings. The number of nitrogens with one attached hydrogen (secondary N) is 3. The van der Waals surface area contributed by atoms with Crippen molar-refractivity contribution in [3.63, 3.8) is 0 Å². The SMILES string of the molecule is O=C(NC1C2CC3CC(C2)CC1C3)C1=CC2NC(c3ccc(NC(=O)C4CC5CCC4C5)cc3)=NC2C=C1. The molecule has 8 aliphatic rings. The van der Waals surface area contributed by atoms with E-state index in [4.69, 9.17) is 4.99 Å². The molecular weight excluding hydrogens is 472 g/mol. The van der Waals surface area contributed by atoms with Crippen LogP contribution in [0.5, 0.6) is 0 Å². The molecule has 6 bridgehead atoms. The fourth-order valence-corrected chi connectivity index (χ4v) is 9.48. The first-order valence-electron chi connectivity index (χ1n) is 15.0. The molecule has 1 aliphatic heterocycles. The minimum Gasteiger partial charge on any atom is -0.361 e. The summed E-state index contributed by atoms with van der Waals surface area (Å²) in [6, 6.07) is 8.34. The highest BCUT2D eigenvalue weighted by atomic mass is 16.2. The van der Waals surface area contributed by atoms with Crippen LogP contribution in [0.1, 0.15) is 63.4 Å². The van der Waals surface area contributed by atoms with Gasteiger partial charge in [0.2, 0.25) is 5.91 Å². The smallest absolute Gasteiger partial charge is 0.251 e. The molecule has 9 rings (SSSR count). The summed E-state index contributed by atoms with van der Waals surface area (Å²) in [5.74, 6) is 5.80. The molecule has 5 unspecified atom stereocenters. The average Bonchev–Trinajstić information content (AvgIpc) is 3.66. The van der Waals surface area contributed by atoms with Crippen molar-refractivity contribution in [2.24, 2.45) is 46.4 Å². The largest absolute Gasteiger partial charge is 0.361 e. The Kier molecular flexibility index (Phi) is 5.35. The predicted octanol–water partition coefficient (Wildman–Crippen LogP) is 4.59. The molecule has 6 nitrogen and oxygen atoms in total. The predicted molar refractivity (Wildman–Crippen MR) is 147 cm³/mol. The summed E-state index contributed by atoms with van der Waals surface area (Å²) in [6.45, 7) is 0. The molecule has 1 aromatic rings. The molecule has 3 N–H and O–H groups in total. The Labute approximate surface area is 224 Å². The molecule has 2 amide bonds. The lowest BCUT2D eigenvalue weighted by Gasteiger charge is -2.54. The number of amidine groups is 1. The third-order valence-corrected chi connectivity index (χ3v) is 11.1. The second-order valence-corrected chi connectivity index (χ2v) is 13.4. The van der Waals surface area contributed by atoms with E-state index in [1.54, 1.807) is 0 Å². The molecule has 0 radical (unpaired) electrons. The summed E-state index contributed by atoms with van der Waals surface area (Å²) >= 11 is 0. The average molecular weight is 511 g/mol. The van der Waals surface area contributed by atoms with Crippen molar-refractivity contribution in [1.82, 2.24) is 10.6 Å². The van der Waals surface area contributed by atoms with Gasteiger partial charge in [-0.15, -0.1) is 0 Å². The highest BCUT2D eigenvalue weighted by molar-refractivity contribution is 6.02. The van der Waals surface area contributed by atoms with Gasteiger partial charge in [0.25, 0.3) is 5.91 Å². The Bertz CT molecular complexity index is 1220. The number of anilines is 1. The van der Waals surface area contributed by atoms with E-state index in [-0.39, 0.29) is 29.8 Å². The third-order valence-electron chi connectivity index (χ3n) is 11.1. The van der Waals surface area contributed by atoms with Gasteiger partial charge in [0.05, 0.1) is 12.1 Å². The van der Waals surface area contributed by atoms with E-state index >= 15 is 0 Å². The van der Waals surface area contributed by atoms with Crippen molar-refractivity contribution < 1.29 is 9.59 Å². The van der Waals surface area contributed by atoms with Gasteiger partial charge >= 0.3 is 0 Å². The van der Waals surface area contributed by atoms with Gasteiger partial charge in [-0.1, -0.05) is 18.6 Å². The van der Waals surface area contributed by atoms with Crippen molar-refractivity contribution in [3.05, 3.63) is 53.6 Å². The molecule has 1 aromatic carbocycles. The molecule has 7 aliphatic carbocycles. The van der Waals surface area contributed by atoms with Crippen LogP contribution in [0.4, 0.5) is 5.69 Å². The monoisotopic (exact) mass is 510 g/mol. The van der Waals surface area contributed by atoms with E-state index in [2.05, 4.69) is 28.1 Å². The zero-order valence-electron chi connectivity index (χ0n) is 21.9. The Balaban J connectivity index is 0.893. The van der Waals surface area contributed by atoms with Gasteiger partial charge in [-0.25, -0.2) is 0 Å². The van der Waals surface area contributed by atoms with Gasteiger partial charge in [0, 0.05) is 28.8 Å². The number of carbonyl (C=O) groups is 2. The lowest BCUT2D eigenvalue weighted by molar-refractivity contribution is -0.122. The van der Waals surface area contributed by atoms with Gasteiger partial charge in [0.15, 0.2) is 0 Å². The van der Waals surface area contributed by atoms with E-state index in [0.717, 1.165) is 46.8 Å². The van der Waals surface area contributed by atoms with Gasteiger partial charge in [-0.3, -0.25) is 14.6 Å². The number of nitrogens with zero attached hydrogens (tertiary/aromatic N) is 1. The van der Waals surface area contributed by atoms with Gasteiger partial charge in [-0.05, 0) is 117 Å². The maximum absolute atomic E-state index is 13.3. The molecule has 5 atom stereocenters. The van der Waals surface area contributed by atoms with Gasteiger partial charge in [-0.2, -0.15) is 0 Å². The fourth-order valence-electron chi connectivity index (χ4n) is 9.48. The number of fused-ring (bicyclic) bond motifs is 3. The van der Waals surface area contributed by atoms with Crippen LogP contribution in [0, 0.1) is 41.4 Å². The number of hydrogen-bond acceptors (Lipinski definition) is 4. The van der Waals surface area contributed by atoms with Gasteiger partial charge < -0.3 is 16.0 Å². The van der Waals surface area contributed by atoms with Crippen LogP contribution in [-0.2, 0) is 9.59 Å². The second kappa shape index (κ2) is 8.82. The molecule has 198 valence electrons. The Morgan fingerprint density at radius 1 is 0.842 bits per heavy atom. The van der Waals surface area contributed by atoms with Crippen LogP contribution in [0.15, 0.2) is 53.1 Å². The summed E-state index contributed by atoms with van der Waals surface area (Å²) < 4.78 is 0. The zero-order chi connectivity index (χ0) is 25.4. The number of hydrogen-bond donors (Lipinski definition) is 3. The summed E-state index contributed by atoms with van der Waals surface area (Å²) in [7, 11) is 0. The molecule has 38 heavy (non-hydrogen) atoms. The van der Waals surface area contributed by atoms with E-state index in [9.17, 15) is 9.59 Å². The van der Waals surface area contributed by atoms with Crippen LogP contribution < -0.4 is 16.0 Å². The number of rotatable bonds is 5. The number of benzene rings is 1. The Morgan fingerprint density at radius 3 is 2.26 bits per heavy atom. The van der Waals surface area contributed by atoms with Crippen LogP contribution in [0.3, 0.4) is 0 Å². The van der Waals surface area contributed by atoms with Crippen molar-refractivity contribution in [2.45, 2.75) is 75.9 Å². The van der Waals surface area contributed by atoms with E-state index in [1.165, 1.54) is 51.4 Å². The minimum absolute atomic E-state index is 0.000100. The highest BCUT2D eigenvalue weighted by Gasteiger charge is 2.49. The van der Waals surface area contributed by atoms with Crippen molar-refractivity contribution in [3.8, 4) is 0 Å². The molecule has 0 spiro atoms. The Hall–Kier alpha value is -2.89. The second-order valence-electron chi connectivity index (χ2n) is 13.4. The zero-order valence-corrected chi connectivity index (χ0v) is 21.9. The standard InChI is InChI=1S/C32H38N4O2/c37-31(36-29-23-11-18-9-19(13-23)14-24(29)12-18)22-5-8-27-28(16-22)35-30(34-27)20-3-6-25(7-4-20)33-32(38)26-15-17-1-2-21(26)10-17/h3-8,16-19,21,23-24,26-29H,1-2,9-15H2,(H,33,38)(H,34,35)(H,36,37). The lowest BCUT2D eigenvalue weighted by atomic mass is 9.54. The quantitative estimate of drug-likeness (QED) is 0.542. The van der Waals surface area contributed by atoms with Crippen LogP contribution in [0.25, 0.3) is 0 Å². The third kappa shape index (κ3) is 3.94. The summed E-state index contributed by atoms with van der Waals surface area (Å²) in [4.78, 5) is 31.0. The maximum atomic E-state index is 13.3. The first kappa shape index (κ1) is 23.0. The maximum Gasteiger partial charge on any atom is 0.251 e. The summed E-state index contributed by atoms with van der Waals surface area (Å²) in [5.41, 5.74) is 2.60. The van der Waals surface area contributed by atoms with Crippen molar-refractivity contribution in [2.75, 3.05) is 5.32 Å². The summed E-state index contributed by atoms with van der Waals surface area (Å²) in [6.07, 6.45) is 17.5. The highest BCUT2D eigenvalue weighted by Crippen LogP contribution is 2.53. The summed E-state index contributed by atoms with van der Waals surface area (Å²) in [5, 5.41) is 10.1. The topological polar surface area (TPSA) is 82.6 Å².